The van der Waals surface area contributed by atoms with Crippen molar-refractivity contribution < 1.29 is 18.9 Å². The third-order valence-corrected chi connectivity index (χ3v) is 7.40. The lowest BCUT2D eigenvalue weighted by molar-refractivity contribution is -0.148. The molecule has 0 N–H and O–H groups in total. The van der Waals surface area contributed by atoms with E-state index in [9.17, 15) is 0 Å². The summed E-state index contributed by atoms with van der Waals surface area (Å²) in [6, 6.07) is 0. The first-order valence-electron chi connectivity index (χ1n) is 17.4. The van der Waals surface area contributed by atoms with Gasteiger partial charge in [-0.1, -0.05) is 136 Å². The van der Waals surface area contributed by atoms with E-state index < -0.39 is 0 Å². The van der Waals surface area contributed by atoms with Crippen molar-refractivity contribution in [1.29, 1.82) is 0 Å². The third-order valence-electron chi connectivity index (χ3n) is 7.40. The lowest BCUT2D eigenvalue weighted by Crippen LogP contribution is -2.19. The normalized spacial score (nSPS) is 11.8. The Kier molecular flexibility index (Phi) is 34.9. The molecule has 4 nitrogen and oxygen atoms in total. The fourth-order valence-electron chi connectivity index (χ4n) is 4.78. The fourth-order valence-corrected chi connectivity index (χ4v) is 4.78. The molecule has 0 heterocycles. The first-order valence-corrected chi connectivity index (χ1v) is 17.4. The van der Waals surface area contributed by atoms with Gasteiger partial charge >= 0.3 is 0 Å². The lowest BCUT2D eigenvalue weighted by Gasteiger charge is -2.19. The highest BCUT2D eigenvalue weighted by Gasteiger charge is 2.09. The zero-order chi connectivity index (χ0) is 28.3. The van der Waals surface area contributed by atoms with Gasteiger partial charge in [0.15, 0.2) is 13.1 Å². The Balaban J connectivity index is 3.90. The molecule has 0 aliphatic heterocycles. The molecule has 4 heteroatoms. The van der Waals surface area contributed by atoms with Gasteiger partial charge in [0, 0.05) is 13.2 Å². The largest absolute Gasteiger partial charge is 0.475 e. The molecule has 39 heavy (non-hydrogen) atoms. The van der Waals surface area contributed by atoms with Crippen LogP contribution in [0.3, 0.4) is 0 Å². The van der Waals surface area contributed by atoms with Crippen LogP contribution in [-0.2, 0) is 18.9 Å². The summed E-state index contributed by atoms with van der Waals surface area (Å²) in [5, 5.41) is 0. The molecule has 0 bridgehead atoms. The van der Waals surface area contributed by atoms with Crippen molar-refractivity contribution in [3.05, 3.63) is 12.3 Å². The van der Waals surface area contributed by atoms with Crippen LogP contribution in [0, 0.1) is 0 Å². The van der Waals surface area contributed by atoms with Gasteiger partial charge in [0.2, 0.25) is 0 Å². The Hall–Kier alpha value is -0.580. The molecule has 0 saturated heterocycles. The number of rotatable bonds is 34. The van der Waals surface area contributed by atoms with Crippen LogP contribution in [0.25, 0.3) is 0 Å². The maximum Gasteiger partial charge on any atom is 0.188 e. The molecule has 0 aliphatic rings. The Morgan fingerprint density at radius 2 is 0.897 bits per heavy atom. The lowest BCUT2D eigenvalue weighted by atomic mass is 10.1. The molecule has 234 valence electrons. The van der Waals surface area contributed by atoms with Crippen LogP contribution in [0.4, 0.5) is 0 Å². The van der Waals surface area contributed by atoms with Gasteiger partial charge in [-0.2, -0.15) is 0 Å². The van der Waals surface area contributed by atoms with E-state index in [2.05, 4.69) is 26.8 Å². The summed E-state index contributed by atoms with van der Waals surface area (Å²) in [5.41, 5.74) is 0. The van der Waals surface area contributed by atoms with Crippen LogP contribution in [-0.4, -0.2) is 32.9 Å². The molecule has 0 spiro atoms. The van der Waals surface area contributed by atoms with Crippen LogP contribution in [0.15, 0.2) is 12.3 Å². The summed E-state index contributed by atoms with van der Waals surface area (Å²) in [7, 11) is 0. The molecule has 0 radical (unpaired) electrons. The summed E-state index contributed by atoms with van der Waals surface area (Å²) in [6.45, 7) is 9.65. The average molecular weight is 555 g/mol. The summed E-state index contributed by atoms with van der Waals surface area (Å²) in [6.07, 6.45) is 35.8. The van der Waals surface area contributed by atoms with Crippen molar-refractivity contribution in [2.24, 2.45) is 0 Å². The Morgan fingerprint density at radius 3 is 1.38 bits per heavy atom. The number of hydrogen-bond donors (Lipinski definition) is 0. The maximum atomic E-state index is 6.19. The standard InChI is InChI=1S/C35H70O4/c1-4-7-10-13-15-17-21-27-32-38-35(39-33-28-22-18-16-14-11-8-5-2)29-24-19-23-26-31-37-34-36-30-25-20-12-9-6-3/h26,31,35H,4-25,27-30,32-34H2,1-3H3. The fraction of sp³-hybridized carbons (Fsp3) is 0.943. The van der Waals surface area contributed by atoms with E-state index in [1.54, 1.807) is 6.26 Å². The quantitative estimate of drug-likeness (QED) is 0.0450. The summed E-state index contributed by atoms with van der Waals surface area (Å²) in [4.78, 5) is 0. The van der Waals surface area contributed by atoms with Gasteiger partial charge in [0.1, 0.15) is 0 Å². The van der Waals surface area contributed by atoms with Gasteiger partial charge in [0.05, 0.1) is 12.9 Å². The predicted molar refractivity (Wildman–Crippen MR) is 169 cm³/mol. The predicted octanol–water partition coefficient (Wildman–Crippen LogP) is 11.7. The average Bonchev–Trinajstić information content (AvgIpc) is 2.95. The molecule has 0 saturated carbocycles. The molecule has 0 aliphatic carbocycles. The van der Waals surface area contributed by atoms with E-state index in [1.165, 1.54) is 116 Å². The van der Waals surface area contributed by atoms with Crippen molar-refractivity contribution in [2.45, 2.75) is 188 Å². The van der Waals surface area contributed by atoms with Gasteiger partial charge in [-0.25, -0.2) is 0 Å². The molecule has 0 unspecified atom stereocenters. The van der Waals surface area contributed by atoms with Crippen molar-refractivity contribution in [2.75, 3.05) is 26.6 Å². The minimum atomic E-state index is -0.0370. The molecular formula is C35H70O4. The Bertz CT molecular complexity index is 432. The number of hydrogen-bond acceptors (Lipinski definition) is 4. The van der Waals surface area contributed by atoms with Gasteiger partial charge in [-0.3, -0.25) is 0 Å². The molecule has 0 aromatic rings. The second kappa shape index (κ2) is 35.4. The van der Waals surface area contributed by atoms with Gasteiger partial charge in [0.25, 0.3) is 0 Å². The van der Waals surface area contributed by atoms with E-state index in [4.69, 9.17) is 18.9 Å². The van der Waals surface area contributed by atoms with E-state index >= 15 is 0 Å². The van der Waals surface area contributed by atoms with Gasteiger partial charge in [-0.15, -0.1) is 0 Å². The van der Waals surface area contributed by atoms with Crippen LogP contribution < -0.4 is 0 Å². The van der Waals surface area contributed by atoms with E-state index in [0.717, 1.165) is 64.8 Å². The van der Waals surface area contributed by atoms with Crippen LogP contribution in [0.1, 0.15) is 181 Å². The SMILES string of the molecule is CCCCCCCCCCOC(CCCCC=COCOCCCCCCC)OCCCCCCCCCC. The number of unbranched alkanes of at least 4 members (excludes halogenated alkanes) is 20. The first kappa shape index (κ1) is 38.4. The van der Waals surface area contributed by atoms with Crippen molar-refractivity contribution >= 4 is 0 Å². The zero-order valence-electron chi connectivity index (χ0n) is 26.9. The molecule has 0 amide bonds. The molecule has 0 rings (SSSR count). The van der Waals surface area contributed by atoms with Gasteiger partial charge in [-0.05, 0) is 51.0 Å². The molecule has 0 atom stereocenters. The van der Waals surface area contributed by atoms with Crippen molar-refractivity contribution in [1.82, 2.24) is 0 Å². The minimum Gasteiger partial charge on any atom is -0.475 e. The number of ether oxygens (including phenoxy) is 4. The second-order valence-corrected chi connectivity index (χ2v) is 11.4. The summed E-state index contributed by atoms with van der Waals surface area (Å²) < 4.78 is 23.4. The van der Waals surface area contributed by atoms with E-state index in [-0.39, 0.29) is 6.29 Å². The van der Waals surface area contributed by atoms with Gasteiger partial charge < -0.3 is 18.9 Å². The highest BCUT2D eigenvalue weighted by atomic mass is 16.7. The third kappa shape index (κ3) is 33.5. The number of allylic oxidation sites excluding steroid dienone is 1. The topological polar surface area (TPSA) is 36.9 Å². The first-order chi connectivity index (χ1) is 19.3. The monoisotopic (exact) mass is 555 g/mol. The molecular weight excluding hydrogens is 484 g/mol. The van der Waals surface area contributed by atoms with E-state index in [1.807, 2.05) is 0 Å². The van der Waals surface area contributed by atoms with Crippen molar-refractivity contribution in [3.63, 3.8) is 0 Å². The molecule has 0 aromatic heterocycles. The maximum absolute atomic E-state index is 6.19. The van der Waals surface area contributed by atoms with Crippen LogP contribution in [0.2, 0.25) is 0 Å². The highest BCUT2D eigenvalue weighted by molar-refractivity contribution is 4.73. The Labute approximate surface area is 245 Å². The summed E-state index contributed by atoms with van der Waals surface area (Å²) >= 11 is 0. The second-order valence-electron chi connectivity index (χ2n) is 11.4. The van der Waals surface area contributed by atoms with Crippen LogP contribution in [0.5, 0.6) is 0 Å². The zero-order valence-corrected chi connectivity index (χ0v) is 26.9. The van der Waals surface area contributed by atoms with E-state index in [0.29, 0.717) is 6.79 Å². The molecule has 0 fully saturated rings. The molecule has 0 aromatic carbocycles. The summed E-state index contributed by atoms with van der Waals surface area (Å²) in [5.74, 6) is 0. The van der Waals surface area contributed by atoms with Crippen LogP contribution >= 0.6 is 0 Å². The highest BCUT2D eigenvalue weighted by Crippen LogP contribution is 2.14. The minimum absolute atomic E-state index is 0.0370. The van der Waals surface area contributed by atoms with Crippen molar-refractivity contribution in [3.8, 4) is 0 Å². The Morgan fingerprint density at radius 1 is 0.462 bits per heavy atom. The smallest absolute Gasteiger partial charge is 0.188 e.